The lowest BCUT2D eigenvalue weighted by atomic mass is 10.2. The molecule has 0 saturated carbocycles. The van der Waals surface area contributed by atoms with E-state index in [1.54, 1.807) is 18.3 Å². The number of hydrogen-bond acceptors (Lipinski definition) is 4. The lowest BCUT2D eigenvalue weighted by molar-refractivity contribution is -0.134. The van der Waals surface area contributed by atoms with Gasteiger partial charge >= 0.3 is 5.97 Å². The van der Waals surface area contributed by atoms with Gasteiger partial charge in [0.05, 0.1) is 14.2 Å². The van der Waals surface area contributed by atoms with E-state index in [9.17, 15) is 4.79 Å². The molecule has 1 aromatic heterocycles. The average molecular weight is 272 g/mol. The van der Waals surface area contributed by atoms with Crippen LogP contribution in [0.4, 0.5) is 0 Å². The second-order valence-electron chi connectivity index (χ2n) is 2.61. The molecule has 1 rings (SSSR count). The molecular weight excluding hydrogens is 262 g/mol. The number of nitrogens with zero attached hydrogens (tertiary/aromatic N) is 1. The maximum Gasteiger partial charge on any atom is 0.330 e. The first-order valence-corrected chi connectivity index (χ1v) is 4.92. The fourth-order valence-corrected chi connectivity index (χ4v) is 1.31. The fourth-order valence-electron chi connectivity index (χ4n) is 0.958. The predicted octanol–water partition coefficient (Wildman–Crippen LogP) is 2.04. The van der Waals surface area contributed by atoms with Crippen molar-refractivity contribution in [1.82, 2.24) is 4.98 Å². The van der Waals surface area contributed by atoms with Gasteiger partial charge in [0.2, 0.25) is 5.88 Å². The maximum absolute atomic E-state index is 10.9. The van der Waals surface area contributed by atoms with Gasteiger partial charge in [0.25, 0.3) is 0 Å². The number of ether oxygens (including phenoxy) is 2. The summed E-state index contributed by atoms with van der Waals surface area (Å²) in [5.74, 6) is 0.0374. The molecule has 0 unspecified atom stereocenters. The molecule has 0 radical (unpaired) electrons. The number of pyridine rings is 1. The van der Waals surface area contributed by atoms with Crippen molar-refractivity contribution in [3.8, 4) is 5.88 Å². The summed E-state index contributed by atoms with van der Waals surface area (Å²) in [5, 5.41) is 0. The zero-order valence-corrected chi connectivity index (χ0v) is 9.95. The van der Waals surface area contributed by atoms with E-state index in [1.807, 2.05) is 0 Å². The third kappa shape index (κ3) is 3.36. The van der Waals surface area contributed by atoms with E-state index in [0.717, 1.165) is 4.47 Å². The minimum atomic E-state index is -0.419. The highest BCUT2D eigenvalue weighted by Gasteiger charge is 2.02. The van der Waals surface area contributed by atoms with E-state index < -0.39 is 5.97 Å². The zero-order valence-electron chi connectivity index (χ0n) is 8.36. The van der Waals surface area contributed by atoms with Gasteiger partial charge in [0.1, 0.15) is 0 Å². The molecular formula is C10H10BrNO3. The van der Waals surface area contributed by atoms with Crippen molar-refractivity contribution in [2.24, 2.45) is 0 Å². The average Bonchev–Trinajstić information content (AvgIpc) is 2.26. The molecule has 1 aromatic rings. The van der Waals surface area contributed by atoms with E-state index in [0.29, 0.717) is 11.4 Å². The molecule has 0 atom stereocenters. The Morgan fingerprint density at radius 1 is 1.53 bits per heavy atom. The quantitative estimate of drug-likeness (QED) is 0.624. The second-order valence-corrected chi connectivity index (χ2v) is 3.52. The summed E-state index contributed by atoms with van der Waals surface area (Å²) in [7, 11) is 2.84. The van der Waals surface area contributed by atoms with Crippen LogP contribution in [0.25, 0.3) is 6.08 Å². The molecule has 0 aromatic carbocycles. The lowest BCUT2D eigenvalue weighted by Gasteiger charge is -2.03. The fraction of sp³-hybridized carbons (Fsp3) is 0.200. The Morgan fingerprint density at radius 2 is 2.27 bits per heavy atom. The number of carbonyl (C=O) groups excluding carboxylic acids is 1. The monoisotopic (exact) mass is 271 g/mol. The summed E-state index contributed by atoms with van der Waals surface area (Å²) in [6.07, 6.45) is 4.52. The van der Waals surface area contributed by atoms with Crippen LogP contribution in [0.15, 0.2) is 22.8 Å². The molecule has 0 spiro atoms. The molecule has 15 heavy (non-hydrogen) atoms. The highest BCUT2D eigenvalue weighted by molar-refractivity contribution is 9.10. The number of esters is 1. The van der Waals surface area contributed by atoms with Gasteiger partial charge in [-0.05, 0) is 28.1 Å². The molecule has 0 aliphatic heterocycles. The molecule has 0 amide bonds. The molecule has 0 aliphatic carbocycles. The van der Waals surface area contributed by atoms with E-state index in [-0.39, 0.29) is 0 Å². The minimum Gasteiger partial charge on any atom is -0.481 e. The van der Waals surface area contributed by atoms with E-state index >= 15 is 0 Å². The summed E-state index contributed by atoms with van der Waals surface area (Å²) in [6.45, 7) is 0. The predicted molar refractivity (Wildman–Crippen MR) is 59.5 cm³/mol. The normalized spacial score (nSPS) is 10.3. The molecule has 0 aliphatic rings. The van der Waals surface area contributed by atoms with Crippen molar-refractivity contribution < 1.29 is 14.3 Å². The number of rotatable bonds is 3. The largest absolute Gasteiger partial charge is 0.481 e. The third-order valence-electron chi connectivity index (χ3n) is 1.64. The number of aromatic nitrogens is 1. The van der Waals surface area contributed by atoms with Gasteiger partial charge in [-0.15, -0.1) is 0 Å². The van der Waals surface area contributed by atoms with Crippen LogP contribution in [0.2, 0.25) is 0 Å². The summed E-state index contributed by atoms with van der Waals surface area (Å²) >= 11 is 3.28. The van der Waals surface area contributed by atoms with Crippen molar-refractivity contribution >= 4 is 28.0 Å². The van der Waals surface area contributed by atoms with Crippen LogP contribution >= 0.6 is 15.9 Å². The third-order valence-corrected chi connectivity index (χ3v) is 2.07. The van der Waals surface area contributed by atoms with E-state index in [1.165, 1.54) is 20.3 Å². The Balaban J connectivity index is 2.96. The van der Waals surface area contributed by atoms with Gasteiger partial charge in [0.15, 0.2) is 0 Å². The van der Waals surface area contributed by atoms with Gasteiger partial charge < -0.3 is 9.47 Å². The molecule has 4 nitrogen and oxygen atoms in total. The molecule has 0 fully saturated rings. The van der Waals surface area contributed by atoms with Gasteiger partial charge in [-0.3, -0.25) is 0 Å². The number of carbonyl (C=O) groups is 1. The number of hydrogen-bond donors (Lipinski definition) is 0. The van der Waals surface area contributed by atoms with Crippen molar-refractivity contribution in [3.05, 3.63) is 28.4 Å². The first-order valence-electron chi connectivity index (χ1n) is 4.13. The van der Waals surface area contributed by atoms with Gasteiger partial charge in [-0.25, -0.2) is 9.78 Å². The van der Waals surface area contributed by atoms with Gasteiger partial charge in [-0.2, -0.15) is 0 Å². The van der Waals surface area contributed by atoms with Crippen molar-refractivity contribution in [1.29, 1.82) is 0 Å². The highest BCUT2D eigenvalue weighted by atomic mass is 79.9. The first-order chi connectivity index (χ1) is 7.17. The Labute approximate surface area is 96.0 Å². The zero-order chi connectivity index (χ0) is 11.3. The molecule has 80 valence electrons. The standard InChI is InChI=1S/C10H10BrNO3/c1-14-9(13)4-3-7-5-8(11)6-12-10(7)15-2/h3-6H,1-2H3. The van der Waals surface area contributed by atoms with Crippen LogP contribution in [0.5, 0.6) is 5.88 Å². The van der Waals surface area contributed by atoms with E-state index in [4.69, 9.17) is 4.74 Å². The first kappa shape index (κ1) is 11.7. The van der Waals surface area contributed by atoms with Crippen LogP contribution < -0.4 is 4.74 Å². The van der Waals surface area contributed by atoms with Crippen LogP contribution in [0.1, 0.15) is 5.56 Å². The molecule has 1 heterocycles. The van der Waals surface area contributed by atoms with Crippen LogP contribution in [0, 0.1) is 0 Å². The molecule has 0 saturated heterocycles. The van der Waals surface area contributed by atoms with Gasteiger partial charge in [0, 0.05) is 22.3 Å². The summed E-state index contributed by atoms with van der Waals surface area (Å²) < 4.78 is 10.3. The second kappa shape index (κ2) is 5.50. The molecule has 5 heteroatoms. The van der Waals surface area contributed by atoms with Gasteiger partial charge in [-0.1, -0.05) is 0 Å². The number of halogens is 1. The van der Waals surface area contributed by atoms with Crippen LogP contribution in [0.3, 0.4) is 0 Å². The van der Waals surface area contributed by atoms with Crippen molar-refractivity contribution in [2.75, 3.05) is 14.2 Å². The Kier molecular flexibility index (Phi) is 4.30. The Morgan fingerprint density at radius 3 is 2.87 bits per heavy atom. The Bertz CT molecular complexity index is 390. The Hall–Kier alpha value is -1.36. The summed E-state index contributed by atoms with van der Waals surface area (Å²) in [5.41, 5.74) is 0.706. The summed E-state index contributed by atoms with van der Waals surface area (Å²) in [6, 6.07) is 1.80. The highest BCUT2D eigenvalue weighted by Crippen LogP contribution is 2.20. The summed E-state index contributed by atoms with van der Waals surface area (Å²) in [4.78, 5) is 14.9. The minimum absolute atomic E-state index is 0.419. The lowest BCUT2D eigenvalue weighted by Crippen LogP contribution is -1.95. The topological polar surface area (TPSA) is 48.4 Å². The number of methoxy groups -OCH3 is 2. The van der Waals surface area contributed by atoms with Crippen molar-refractivity contribution in [3.63, 3.8) is 0 Å². The molecule has 0 bridgehead atoms. The van der Waals surface area contributed by atoms with Crippen LogP contribution in [-0.4, -0.2) is 25.2 Å². The van der Waals surface area contributed by atoms with E-state index in [2.05, 4.69) is 25.7 Å². The smallest absolute Gasteiger partial charge is 0.330 e. The van der Waals surface area contributed by atoms with Crippen molar-refractivity contribution in [2.45, 2.75) is 0 Å². The van der Waals surface area contributed by atoms with Crippen LogP contribution in [-0.2, 0) is 9.53 Å². The maximum atomic E-state index is 10.9. The molecule has 0 N–H and O–H groups in total. The SMILES string of the molecule is COC(=O)C=Cc1cc(Br)cnc1OC.